The van der Waals surface area contributed by atoms with Crippen LogP contribution in [0.5, 0.6) is 0 Å². The second kappa shape index (κ2) is 6.81. The van der Waals surface area contributed by atoms with Crippen molar-refractivity contribution < 1.29 is 27.8 Å². The summed E-state index contributed by atoms with van der Waals surface area (Å²) >= 11 is 3.44. The summed E-state index contributed by atoms with van der Waals surface area (Å²) in [6.07, 6.45) is -4.34. The van der Waals surface area contributed by atoms with E-state index in [2.05, 4.69) is 15.9 Å². The van der Waals surface area contributed by atoms with Crippen LogP contribution in [0.25, 0.3) is 0 Å². The van der Waals surface area contributed by atoms with Gasteiger partial charge in [0.1, 0.15) is 0 Å². The van der Waals surface area contributed by atoms with Gasteiger partial charge in [0.05, 0.1) is 12.5 Å². The number of benzene rings is 1. The van der Waals surface area contributed by atoms with Gasteiger partial charge in [-0.15, -0.1) is 0 Å². The van der Waals surface area contributed by atoms with E-state index < -0.39 is 17.2 Å². The van der Waals surface area contributed by atoms with Crippen molar-refractivity contribution >= 4 is 21.9 Å². The van der Waals surface area contributed by atoms with Crippen molar-refractivity contribution in [3.8, 4) is 0 Å². The molecule has 0 aliphatic carbocycles. The van der Waals surface area contributed by atoms with Gasteiger partial charge in [-0.2, -0.15) is 13.2 Å². The first-order valence-electron chi connectivity index (χ1n) is 6.95. The molecule has 23 heavy (non-hydrogen) atoms. The average Bonchev–Trinajstić information content (AvgIpc) is 2.44. The van der Waals surface area contributed by atoms with E-state index >= 15 is 0 Å². The molecule has 0 fully saturated rings. The summed E-state index contributed by atoms with van der Waals surface area (Å²) in [6.45, 7) is 4.18. The molecular formula is C16H20BrF3O3. The fourth-order valence-corrected chi connectivity index (χ4v) is 3.22. The maximum absolute atomic E-state index is 12.8. The van der Waals surface area contributed by atoms with E-state index in [1.54, 1.807) is 13.8 Å². The van der Waals surface area contributed by atoms with Crippen LogP contribution in [0.3, 0.4) is 0 Å². The number of aliphatic hydroxyl groups is 1. The Morgan fingerprint density at radius 1 is 1.22 bits per heavy atom. The first-order valence-corrected chi connectivity index (χ1v) is 7.86. The average molecular weight is 397 g/mol. The van der Waals surface area contributed by atoms with Gasteiger partial charge in [0.2, 0.25) is 0 Å². The fourth-order valence-electron chi connectivity index (χ4n) is 2.11. The molecule has 0 aliphatic rings. The van der Waals surface area contributed by atoms with E-state index in [0.29, 0.717) is 18.9 Å². The number of carbonyl (C=O) groups excluding carboxylic acids is 1. The molecule has 130 valence electrons. The van der Waals surface area contributed by atoms with Crippen LogP contribution >= 0.6 is 15.9 Å². The molecular weight excluding hydrogens is 377 g/mol. The summed E-state index contributed by atoms with van der Waals surface area (Å²) in [5, 5.41) is 9.65. The van der Waals surface area contributed by atoms with E-state index in [-0.39, 0.29) is 16.4 Å². The van der Waals surface area contributed by atoms with Crippen LogP contribution in [0, 0.1) is 5.41 Å². The van der Waals surface area contributed by atoms with Crippen LogP contribution in [-0.2, 0) is 15.1 Å². The van der Waals surface area contributed by atoms with Crippen LogP contribution in [-0.4, -0.2) is 24.4 Å². The van der Waals surface area contributed by atoms with Crippen molar-refractivity contribution in [1.82, 2.24) is 0 Å². The standard InChI is InChI=1S/C16H20BrF3O3/c1-14(2,13(21)23-4)9-12(17)10-5-7-11(8-6-10)15(3,22)16(18,19)20/h5-8,12,22H,9H2,1-4H3. The lowest BCUT2D eigenvalue weighted by Gasteiger charge is -2.27. The number of methoxy groups -OCH3 is 1. The lowest BCUT2D eigenvalue weighted by molar-refractivity contribution is -0.258. The summed E-state index contributed by atoms with van der Waals surface area (Å²) in [5.41, 5.74) is -3.16. The molecule has 1 N–H and O–H groups in total. The molecule has 1 aromatic rings. The molecule has 0 amide bonds. The summed E-state index contributed by atoms with van der Waals surface area (Å²) in [4.78, 5) is 11.5. The van der Waals surface area contributed by atoms with Gasteiger partial charge < -0.3 is 9.84 Å². The SMILES string of the molecule is COC(=O)C(C)(C)CC(Br)c1ccc(C(C)(O)C(F)(F)F)cc1. The van der Waals surface area contributed by atoms with Crippen molar-refractivity contribution in [2.45, 2.75) is 43.8 Å². The molecule has 0 bridgehead atoms. The fraction of sp³-hybridized carbons (Fsp3) is 0.562. The van der Waals surface area contributed by atoms with Crippen molar-refractivity contribution in [1.29, 1.82) is 0 Å². The Balaban J connectivity index is 2.95. The number of hydrogen-bond acceptors (Lipinski definition) is 3. The van der Waals surface area contributed by atoms with E-state index in [9.17, 15) is 23.1 Å². The minimum atomic E-state index is -4.75. The summed E-state index contributed by atoms with van der Waals surface area (Å²) in [5.74, 6) is -0.362. The maximum Gasteiger partial charge on any atom is 0.421 e. The van der Waals surface area contributed by atoms with Gasteiger partial charge >= 0.3 is 12.1 Å². The largest absolute Gasteiger partial charge is 0.469 e. The molecule has 1 rings (SSSR count). The second-order valence-corrected chi connectivity index (χ2v) is 7.34. The summed E-state index contributed by atoms with van der Waals surface area (Å²) < 4.78 is 43.2. The number of hydrogen-bond donors (Lipinski definition) is 1. The molecule has 0 aromatic heterocycles. The highest BCUT2D eigenvalue weighted by atomic mass is 79.9. The van der Waals surface area contributed by atoms with Crippen LogP contribution in [0.1, 0.15) is 43.1 Å². The monoisotopic (exact) mass is 396 g/mol. The van der Waals surface area contributed by atoms with Crippen molar-refractivity contribution in [2.75, 3.05) is 7.11 Å². The number of rotatable bonds is 5. The normalized spacial score (nSPS) is 16.6. The van der Waals surface area contributed by atoms with E-state index in [1.165, 1.54) is 31.4 Å². The Labute approximate surface area is 142 Å². The zero-order valence-electron chi connectivity index (χ0n) is 13.4. The molecule has 0 saturated carbocycles. The van der Waals surface area contributed by atoms with Gasteiger partial charge in [-0.1, -0.05) is 40.2 Å². The number of ether oxygens (including phenoxy) is 1. The van der Waals surface area contributed by atoms with Crippen LogP contribution in [0.2, 0.25) is 0 Å². The number of alkyl halides is 4. The van der Waals surface area contributed by atoms with E-state index in [1.807, 2.05) is 0 Å². The minimum Gasteiger partial charge on any atom is -0.469 e. The molecule has 2 unspecified atom stereocenters. The highest BCUT2D eigenvalue weighted by Gasteiger charge is 2.51. The maximum atomic E-state index is 12.8. The lowest BCUT2D eigenvalue weighted by Crippen LogP contribution is -2.39. The van der Waals surface area contributed by atoms with Crippen LogP contribution in [0.15, 0.2) is 24.3 Å². The Morgan fingerprint density at radius 2 is 1.70 bits per heavy atom. The molecule has 0 saturated heterocycles. The summed E-state index contributed by atoms with van der Waals surface area (Å²) in [6, 6.07) is 5.48. The smallest absolute Gasteiger partial charge is 0.421 e. The zero-order chi connectivity index (χ0) is 18.1. The van der Waals surface area contributed by atoms with E-state index in [4.69, 9.17) is 4.74 Å². The Morgan fingerprint density at radius 3 is 2.09 bits per heavy atom. The van der Waals surface area contributed by atoms with Crippen molar-refractivity contribution in [3.05, 3.63) is 35.4 Å². The number of carbonyl (C=O) groups is 1. The molecule has 2 atom stereocenters. The third kappa shape index (κ3) is 4.47. The van der Waals surface area contributed by atoms with Crippen LogP contribution < -0.4 is 0 Å². The molecule has 1 aromatic carbocycles. The molecule has 0 radical (unpaired) electrons. The predicted octanol–water partition coefficient (Wildman–Crippen LogP) is 4.48. The van der Waals surface area contributed by atoms with Gasteiger partial charge in [0.25, 0.3) is 0 Å². The van der Waals surface area contributed by atoms with Gasteiger partial charge in [-0.3, -0.25) is 4.79 Å². The topological polar surface area (TPSA) is 46.5 Å². The molecule has 0 aliphatic heterocycles. The van der Waals surface area contributed by atoms with Crippen molar-refractivity contribution in [3.63, 3.8) is 0 Å². The van der Waals surface area contributed by atoms with Crippen LogP contribution in [0.4, 0.5) is 13.2 Å². The highest BCUT2D eigenvalue weighted by Crippen LogP contribution is 2.40. The second-order valence-electron chi connectivity index (χ2n) is 6.24. The van der Waals surface area contributed by atoms with Crippen molar-refractivity contribution in [2.24, 2.45) is 5.41 Å². The Kier molecular flexibility index (Phi) is 5.91. The quantitative estimate of drug-likeness (QED) is 0.589. The molecule has 0 spiro atoms. The predicted molar refractivity (Wildman–Crippen MR) is 84.1 cm³/mol. The first-order chi connectivity index (χ1) is 10.3. The highest BCUT2D eigenvalue weighted by molar-refractivity contribution is 9.09. The minimum absolute atomic E-state index is 0.235. The third-order valence-electron chi connectivity index (χ3n) is 3.81. The van der Waals surface area contributed by atoms with Gasteiger partial charge in [0.15, 0.2) is 5.60 Å². The van der Waals surface area contributed by atoms with E-state index in [0.717, 1.165) is 0 Å². The zero-order valence-corrected chi connectivity index (χ0v) is 15.0. The summed E-state index contributed by atoms with van der Waals surface area (Å²) in [7, 11) is 1.31. The van der Waals surface area contributed by atoms with Gasteiger partial charge in [0, 0.05) is 4.83 Å². The first kappa shape index (κ1) is 20.0. The van der Waals surface area contributed by atoms with Gasteiger partial charge in [-0.05, 0) is 38.3 Å². The van der Waals surface area contributed by atoms with Gasteiger partial charge in [-0.25, -0.2) is 0 Å². The number of halogens is 4. The molecule has 3 nitrogen and oxygen atoms in total. The molecule has 0 heterocycles. The third-order valence-corrected chi connectivity index (χ3v) is 4.67. The Bertz CT molecular complexity index is 551. The molecule has 7 heteroatoms. The Hall–Kier alpha value is -1.08. The lowest BCUT2D eigenvalue weighted by atomic mass is 9.85. The number of esters is 1.